The number of amides is 2. The summed E-state index contributed by atoms with van der Waals surface area (Å²) in [6.07, 6.45) is -0.893. The summed E-state index contributed by atoms with van der Waals surface area (Å²) < 4.78 is 11.0. The molecule has 0 bridgehead atoms. The van der Waals surface area contributed by atoms with E-state index in [1.165, 1.54) is 16.2 Å². The third kappa shape index (κ3) is 3.76. The van der Waals surface area contributed by atoms with Crippen LogP contribution in [0.1, 0.15) is 9.67 Å². The number of nitrogens with one attached hydrogen (secondary N) is 2. The number of ether oxygens (including phenoxy) is 2. The zero-order valence-corrected chi connectivity index (χ0v) is 16.3. The van der Waals surface area contributed by atoms with Crippen molar-refractivity contribution >= 4 is 52.3 Å². The Morgan fingerprint density at radius 1 is 1.21 bits per heavy atom. The fraction of sp³-hybridized carbons (Fsp3) is 0.278. The van der Waals surface area contributed by atoms with Crippen LogP contribution in [0.4, 0.5) is 16.2 Å². The van der Waals surface area contributed by atoms with Gasteiger partial charge >= 0.3 is 6.09 Å². The molecule has 146 valence electrons. The van der Waals surface area contributed by atoms with Crippen molar-refractivity contribution in [2.24, 2.45) is 0 Å². The zero-order valence-electron chi connectivity index (χ0n) is 14.7. The standard InChI is InChI=1S/C18H17ClN4O4S/c19-15-6-5-14(28-15)16(24)21-9-13-10-23(18(25)27-13)12-3-1-11(2-4-12)22-7-8-26-17(22)20/h1-6,13,20H,7-10H2,(H,21,24). The predicted molar refractivity (Wildman–Crippen MR) is 107 cm³/mol. The quantitative estimate of drug-likeness (QED) is 0.775. The highest BCUT2D eigenvalue weighted by atomic mass is 35.5. The molecule has 1 aromatic carbocycles. The Hall–Kier alpha value is -2.78. The molecule has 10 heteroatoms. The molecule has 0 spiro atoms. The van der Waals surface area contributed by atoms with Crippen molar-refractivity contribution in [3.05, 3.63) is 45.6 Å². The van der Waals surface area contributed by atoms with Gasteiger partial charge in [0.15, 0.2) is 0 Å². The van der Waals surface area contributed by atoms with Gasteiger partial charge in [-0.25, -0.2) is 4.79 Å². The van der Waals surface area contributed by atoms with Crippen LogP contribution in [0.3, 0.4) is 0 Å². The summed E-state index contributed by atoms with van der Waals surface area (Å²) in [5.74, 6) is -0.244. The second-order valence-electron chi connectivity index (χ2n) is 6.25. The molecule has 28 heavy (non-hydrogen) atoms. The third-order valence-corrected chi connectivity index (χ3v) is 5.66. The molecule has 2 aliphatic heterocycles. The second-order valence-corrected chi connectivity index (χ2v) is 7.97. The van der Waals surface area contributed by atoms with Gasteiger partial charge in [-0.2, -0.15) is 0 Å². The summed E-state index contributed by atoms with van der Waals surface area (Å²) >= 11 is 7.03. The van der Waals surface area contributed by atoms with Crippen LogP contribution >= 0.6 is 22.9 Å². The highest BCUT2D eigenvalue weighted by Gasteiger charge is 2.33. The van der Waals surface area contributed by atoms with Gasteiger partial charge in [0.1, 0.15) is 12.7 Å². The van der Waals surface area contributed by atoms with Gasteiger partial charge in [-0.05, 0) is 36.4 Å². The number of benzene rings is 1. The number of amidine groups is 1. The van der Waals surface area contributed by atoms with Crippen LogP contribution in [-0.4, -0.2) is 50.4 Å². The van der Waals surface area contributed by atoms with Crippen LogP contribution in [0.5, 0.6) is 0 Å². The van der Waals surface area contributed by atoms with Gasteiger partial charge in [0.05, 0.1) is 28.8 Å². The van der Waals surface area contributed by atoms with Gasteiger partial charge in [-0.3, -0.25) is 20.0 Å². The van der Waals surface area contributed by atoms with Gasteiger partial charge in [0, 0.05) is 11.4 Å². The Bertz CT molecular complexity index is 917. The first-order chi connectivity index (χ1) is 13.5. The maximum absolute atomic E-state index is 12.2. The number of carbonyl (C=O) groups is 2. The van der Waals surface area contributed by atoms with Crippen molar-refractivity contribution in [1.82, 2.24) is 5.32 Å². The molecule has 1 aromatic heterocycles. The van der Waals surface area contributed by atoms with E-state index >= 15 is 0 Å². The average Bonchev–Trinajstić information content (AvgIpc) is 3.40. The van der Waals surface area contributed by atoms with Crippen molar-refractivity contribution in [1.29, 1.82) is 5.41 Å². The number of hydrogen-bond donors (Lipinski definition) is 2. The SMILES string of the molecule is N=C1OCCN1c1ccc(N2CC(CNC(=O)c3ccc(Cl)s3)OC2=O)cc1. The lowest BCUT2D eigenvalue weighted by molar-refractivity contribution is 0.0920. The van der Waals surface area contributed by atoms with E-state index in [2.05, 4.69) is 5.32 Å². The van der Waals surface area contributed by atoms with Gasteiger partial charge in [0.2, 0.25) is 0 Å². The molecule has 8 nitrogen and oxygen atoms in total. The largest absolute Gasteiger partial charge is 0.463 e. The topological polar surface area (TPSA) is 95.0 Å². The Labute approximate surface area is 170 Å². The molecule has 0 aliphatic carbocycles. The number of anilines is 2. The summed E-state index contributed by atoms with van der Waals surface area (Å²) in [4.78, 5) is 28.1. The molecule has 2 aromatic rings. The average molecular weight is 421 g/mol. The maximum atomic E-state index is 12.2. The minimum atomic E-state index is -0.455. The number of nitrogens with zero attached hydrogens (tertiary/aromatic N) is 2. The van der Waals surface area contributed by atoms with E-state index in [4.69, 9.17) is 26.5 Å². The zero-order chi connectivity index (χ0) is 19.7. The first-order valence-electron chi connectivity index (χ1n) is 8.62. The van der Waals surface area contributed by atoms with Crippen LogP contribution in [0, 0.1) is 5.41 Å². The molecule has 1 atom stereocenters. The fourth-order valence-electron chi connectivity index (χ4n) is 3.04. The number of thiophene rings is 1. The number of halogens is 1. The summed E-state index contributed by atoms with van der Waals surface area (Å²) in [6.45, 7) is 1.68. The molecule has 3 heterocycles. The molecule has 2 N–H and O–H groups in total. The predicted octanol–water partition coefficient (Wildman–Crippen LogP) is 2.93. The second kappa shape index (κ2) is 7.69. The van der Waals surface area contributed by atoms with Crippen molar-refractivity contribution in [3.8, 4) is 0 Å². The summed E-state index contributed by atoms with van der Waals surface area (Å²) in [7, 11) is 0. The third-order valence-electron chi connectivity index (χ3n) is 4.43. The number of carbonyl (C=O) groups excluding carboxylic acids is 2. The van der Waals surface area contributed by atoms with Crippen molar-refractivity contribution in [2.75, 3.05) is 36.0 Å². The number of hydrogen-bond acceptors (Lipinski definition) is 6. The van der Waals surface area contributed by atoms with Crippen molar-refractivity contribution in [2.45, 2.75) is 6.10 Å². The van der Waals surface area contributed by atoms with Crippen molar-refractivity contribution in [3.63, 3.8) is 0 Å². The van der Waals surface area contributed by atoms with Gasteiger partial charge in [-0.1, -0.05) is 11.6 Å². The molecule has 0 radical (unpaired) electrons. The van der Waals surface area contributed by atoms with E-state index in [-0.39, 0.29) is 18.5 Å². The summed E-state index contributed by atoms with van der Waals surface area (Å²) in [5.41, 5.74) is 1.52. The molecule has 4 rings (SSSR count). The molecular weight excluding hydrogens is 404 g/mol. The minimum Gasteiger partial charge on any atom is -0.463 e. The Morgan fingerprint density at radius 2 is 1.93 bits per heavy atom. The van der Waals surface area contributed by atoms with Crippen LogP contribution in [0.25, 0.3) is 0 Å². The lowest BCUT2D eigenvalue weighted by Crippen LogP contribution is -2.34. The first kappa shape index (κ1) is 18.6. The lowest BCUT2D eigenvalue weighted by atomic mass is 10.2. The fourth-order valence-corrected chi connectivity index (χ4v) is 4.00. The number of rotatable bonds is 5. The maximum Gasteiger partial charge on any atom is 0.414 e. The van der Waals surface area contributed by atoms with Crippen LogP contribution in [0.2, 0.25) is 4.34 Å². The molecule has 2 saturated heterocycles. The van der Waals surface area contributed by atoms with Gasteiger partial charge < -0.3 is 14.8 Å². The Balaban J connectivity index is 1.35. The molecule has 2 amide bonds. The van der Waals surface area contributed by atoms with Crippen molar-refractivity contribution < 1.29 is 19.1 Å². The lowest BCUT2D eigenvalue weighted by Gasteiger charge is -2.17. The highest BCUT2D eigenvalue weighted by Crippen LogP contribution is 2.26. The van der Waals surface area contributed by atoms with E-state index in [9.17, 15) is 9.59 Å². The summed E-state index contributed by atoms with van der Waals surface area (Å²) in [6, 6.07) is 10.7. The van der Waals surface area contributed by atoms with Crippen LogP contribution < -0.4 is 15.1 Å². The smallest absolute Gasteiger partial charge is 0.414 e. The Kier molecular flexibility index (Phi) is 5.10. The van der Waals surface area contributed by atoms with Crippen LogP contribution in [-0.2, 0) is 9.47 Å². The monoisotopic (exact) mass is 420 g/mol. The normalized spacial score (nSPS) is 19.0. The van der Waals surface area contributed by atoms with E-state index < -0.39 is 12.2 Å². The first-order valence-corrected chi connectivity index (χ1v) is 9.81. The molecule has 2 aliphatic rings. The van der Waals surface area contributed by atoms with Gasteiger partial charge in [-0.15, -0.1) is 11.3 Å². The van der Waals surface area contributed by atoms with E-state index in [0.717, 1.165) is 5.69 Å². The molecule has 1 unspecified atom stereocenters. The minimum absolute atomic E-state index is 0.121. The van der Waals surface area contributed by atoms with E-state index in [1.54, 1.807) is 29.2 Å². The highest BCUT2D eigenvalue weighted by molar-refractivity contribution is 7.18. The molecule has 0 saturated carbocycles. The molecular formula is C18H17ClN4O4S. The Morgan fingerprint density at radius 3 is 2.54 bits per heavy atom. The summed E-state index contributed by atoms with van der Waals surface area (Å²) in [5, 5.41) is 10.5. The van der Waals surface area contributed by atoms with E-state index in [1.807, 2.05) is 12.1 Å². The van der Waals surface area contributed by atoms with Gasteiger partial charge in [0.25, 0.3) is 11.9 Å². The van der Waals surface area contributed by atoms with E-state index in [0.29, 0.717) is 34.6 Å². The number of cyclic esters (lactones) is 1. The van der Waals surface area contributed by atoms with Crippen LogP contribution in [0.15, 0.2) is 36.4 Å². The molecule has 2 fully saturated rings.